The lowest BCUT2D eigenvalue weighted by atomic mass is 10.2. The van der Waals surface area contributed by atoms with Gasteiger partial charge < -0.3 is 15.4 Å². The van der Waals surface area contributed by atoms with Gasteiger partial charge in [0.25, 0.3) is 0 Å². The normalized spacial score (nSPS) is 11.2. The van der Waals surface area contributed by atoms with Crippen molar-refractivity contribution in [3.8, 4) is 5.75 Å². The number of hydrogen-bond donors (Lipinski definition) is 2. The van der Waals surface area contributed by atoms with Gasteiger partial charge in [-0.05, 0) is 23.8 Å². The van der Waals surface area contributed by atoms with E-state index in [1.165, 1.54) is 12.1 Å². The summed E-state index contributed by atoms with van der Waals surface area (Å²) in [5.41, 5.74) is 0.866. The van der Waals surface area contributed by atoms with Gasteiger partial charge in [-0.25, -0.2) is 9.97 Å². The minimum Gasteiger partial charge on any atom is -0.406 e. The van der Waals surface area contributed by atoms with Gasteiger partial charge in [-0.3, -0.25) is 0 Å². The fourth-order valence-corrected chi connectivity index (χ4v) is 1.69. The first-order valence-electron chi connectivity index (χ1n) is 6.59. The minimum atomic E-state index is -4.66. The number of rotatable bonds is 7. The van der Waals surface area contributed by atoms with E-state index >= 15 is 0 Å². The molecule has 0 saturated heterocycles. The maximum Gasteiger partial charge on any atom is 0.573 e. The summed E-state index contributed by atoms with van der Waals surface area (Å²) < 4.78 is 39.9. The number of nitrogens with one attached hydrogen (secondary N) is 2. The van der Waals surface area contributed by atoms with E-state index in [0.717, 1.165) is 5.56 Å². The molecule has 1 heterocycles. The van der Waals surface area contributed by atoms with Crippen LogP contribution in [0.2, 0.25) is 0 Å². The van der Waals surface area contributed by atoms with Crippen LogP contribution in [0.3, 0.4) is 0 Å². The first-order chi connectivity index (χ1) is 10.5. The van der Waals surface area contributed by atoms with Gasteiger partial charge in [0.1, 0.15) is 5.75 Å². The van der Waals surface area contributed by atoms with E-state index < -0.39 is 6.36 Å². The number of benzene rings is 1. The van der Waals surface area contributed by atoms with Crippen LogP contribution in [0.4, 0.5) is 19.1 Å². The Labute approximate surface area is 125 Å². The van der Waals surface area contributed by atoms with Crippen molar-refractivity contribution in [3.63, 3.8) is 0 Å². The highest BCUT2D eigenvalue weighted by Crippen LogP contribution is 2.22. The van der Waals surface area contributed by atoms with Crippen LogP contribution in [0.1, 0.15) is 5.56 Å². The van der Waals surface area contributed by atoms with E-state index in [1.807, 2.05) is 0 Å². The molecular formula is C14H15F3N4O. The van der Waals surface area contributed by atoms with Gasteiger partial charge in [0.05, 0.1) is 0 Å². The Bertz CT molecular complexity index is 561. The average Bonchev–Trinajstić information content (AvgIpc) is 2.48. The Morgan fingerprint density at radius 1 is 1.00 bits per heavy atom. The lowest BCUT2D eigenvalue weighted by molar-refractivity contribution is -0.274. The number of halogens is 3. The summed E-state index contributed by atoms with van der Waals surface area (Å²) in [4.78, 5) is 8.04. The van der Waals surface area contributed by atoms with Crippen LogP contribution < -0.4 is 15.4 Å². The van der Waals surface area contributed by atoms with Crippen molar-refractivity contribution in [2.75, 3.05) is 18.4 Å². The zero-order valence-corrected chi connectivity index (χ0v) is 11.6. The van der Waals surface area contributed by atoms with Gasteiger partial charge >= 0.3 is 6.36 Å². The fraction of sp³-hybridized carbons (Fsp3) is 0.286. The maximum atomic E-state index is 12.0. The van der Waals surface area contributed by atoms with Crippen molar-refractivity contribution in [2.24, 2.45) is 0 Å². The molecule has 0 spiro atoms. The largest absolute Gasteiger partial charge is 0.573 e. The Morgan fingerprint density at radius 3 is 2.32 bits per heavy atom. The molecule has 0 radical (unpaired) electrons. The van der Waals surface area contributed by atoms with Crippen molar-refractivity contribution < 1.29 is 17.9 Å². The van der Waals surface area contributed by atoms with Crippen LogP contribution in [0.5, 0.6) is 5.75 Å². The molecule has 0 bridgehead atoms. The predicted molar refractivity (Wildman–Crippen MR) is 75.4 cm³/mol. The standard InChI is InChI=1S/C14H15F3N4O/c15-14(16,17)22-12-4-2-11(3-5-12)10-18-8-9-21-13-19-6-1-7-20-13/h1-7,18H,8-10H2,(H,19,20,21). The first kappa shape index (κ1) is 16.0. The van der Waals surface area contributed by atoms with Crippen LogP contribution in [0.15, 0.2) is 42.7 Å². The summed E-state index contributed by atoms with van der Waals surface area (Å²) in [6.45, 7) is 1.85. The number of hydrogen-bond acceptors (Lipinski definition) is 5. The molecule has 2 rings (SSSR count). The van der Waals surface area contributed by atoms with Gasteiger partial charge in [0.2, 0.25) is 5.95 Å². The van der Waals surface area contributed by atoms with Crippen LogP contribution in [-0.2, 0) is 6.54 Å². The lowest BCUT2D eigenvalue weighted by Crippen LogP contribution is -2.22. The molecule has 0 atom stereocenters. The van der Waals surface area contributed by atoms with Crippen molar-refractivity contribution in [3.05, 3.63) is 48.3 Å². The Hall–Kier alpha value is -2.35. The molecule has 2 aromatic rings. The zero-order chi connectivity index (χ0) is 15.8. The van der Waals surface area contributed by atoms with Gasteiger partial charge in [-0.2, -0.15) is 0 Å². The van der Waals surface area contributed by atoms with Crippen molar-refractivity contribution in [1.82, 2.24) is 15.3 Å². The Balaban J connectivity index is 1.67. The van der Waals surface area contributed by atoms with E-state index in [2.05, 4.69) is 25.3 Å². The van der Waals surface area contributed by atoms with Gasteiger partial charge in [0.15, 0.2) is 0 Å². The number of anilines is 1. The molecule has 22 heavy (non-hydrogen) atoms. The van der Waals surface area contributed by atoms with Crippen molar-refractivity contribution in [1.29, 1.82) is 0 Å². The molecule has 1 aromatic heterocycles. The second-order valence-corrected chi connectivity index (χ2v) is 4.37. The molecule has 0 saturated carbocycles. The third-order valence-corrected chi connectivity index (χ3v) is 2.64. The molecule has 5 nitrogen and oxygen atoms in total. The highest BCUT2D eigenvalue weighted by Gasteiger charge is 2.30. The molecule has 0 aliphatic rings. The summed E-state index contributed by atoms with van der Waals surface area (Å²) in [5, 5.41) is 6.19. The molecule has 118 valence electrons. The molecule has 0 fully saturated rings. The van der Waals surface area contributed by atoms with E-state index in [9.17, 15) is 13.2 Å². The minimum absolute atomic E-state index is 0.223. The van der Waals surface area contributed by atoms with E-state index in [4.69, 9.17) is 0 Å². The van der Waals surface area contributed by atoms with E-state index in [0.29, 0.717) is 25.6 Å². The summed E-state index contributed by atoms with van der Waals surface area (Å²) in [5.74, 6) is 0.331. The summed E-state index contributed by atoms with van der Waals surface area (Å²) in [7, 11) is 0. The fourth-order valence-electron chi connectivity index (χ4n) is 1.69. The second kappa shape index (κ2) is 7.60. The van der Waals surface area contributed by atoms with E-state index in [-0.39, 0.29) is 5.75 Å². The molecule has 2 N–H and O–H groups in total. The third kappa shape index (κ3) is 5.96. The monoisotopic (exact) mass is 312 g/mol. The lowest BCUT2D eigenvalue weighted by Gasteiger charge is -2.10. The van der Waals surface area contributed by atoms with Gasteiger partial charge in [-0.15, -0.1) is 13.2 Å². The third-order valence-electron chi connectivity index (χ3n) is 2.64. The molecule has 0 unspecified atom stereocenters. The Morgan fingerprint density at radius 2 is 1.68 bits per heavy atom. The van der Waals surface area contributed by atoms with Gasteiger partial charge in [0, 0.05) is 32.0 Å². The smallest absolute Gasteiger partial charge is 0.406 e. The molecule has 0 amide bonds. The first-order valence-corrected chi connectivity index (χ1v) is 6.59. The predicted octanol–water partition coefficient (Wildman–Crippen LogP) is 2.58. The number of alkyl halides is 3. The summed E-state index contributed by atoms with van der Waals surface area (Å²) in [6.07, 6.45) is -1.37. The van der Waals surface area contributed by atoms with Crippen LogP contribution in [0.25, 0.3) is 0 Å². The zero-order valence-electron chi connectivity index (χ0n) is 11.6. The molecule has 1 aromatic carbocycles. The number of nitrogens with zero attached hydrogens (tertiary/aromatic N) is 2. The number of aromatic nitrogens is 2. The second-order valence-electron chi connectivity index (χ2n) is 4.37. The maximum absolute atomic E-state index is 12.0. The summed E-state index contributed by atoms with van der Waals surface area (Å²) >= 11 is 0. The highest BCUT2D eigenvalue weighted by molar-refractivity contribution is 5.27. The van der Waals surface area contributed by atoms with Crippen molar-refractivity contribution >= 4 is 5.95 Å². The number of ether oxygens (including phenoxy) is 1. The molecular weight excluding hydrogens is 297 g/mol. The van der Waals surface area contributed by atoms with Crippen LogP contribution in [0, 0.1) is 0 Å². The van der Waals surface area contributed by atoms with Crippen molar-refractivity contribution in [2.45, 2.75) is 12.9 Å². The average molecular weight is 312 g/mol. The Kier molecular flexibility index (Phi) is 5.54. The molecule has 0 aliphatic carbocycles. The highest BCUT2D eigenvalue weighted by atomic mass is 19.4. The quantitative estimate of drug-likeness (QED) is 0.770. The molecule has 0 aliphatic heterocycles. The van der Waals surface area contributed by atoms with Crippen LogP contribution >= 0.6 is 0 Å². The van der Waals surface area contributed by atoms with Crippen LogP contribution in [-0.4, -0.2) is 29.4 Å². The summed E-state index contributed by atoms with van der Waals surface area (Å²) in [6, 6.07) is 7.49. The van der Waals surface area contributed by atoms with E-state index in [1.54, 1.807) is 30.6 Å². The van der Waals surface area contributed by atoms with Gasteiger partial charge in [-0.1, -0.05) is 12.1 Å². The molecule has 8 heteroatoms. The SMILES string of the molecule is FC(F)(F)Oc1ccc(CNCCNc2ncccn2)cc1. The topological polar surface area (TPSA) is 59.1 Å².